The molecule has 0 aromatic carbocycles. The van der Waals surface area contributed by atoms with E-state index < -0.39 is 0 Å². The van der Waals surface area contributed by atoms with Gasteiger partial charge in [-0.25, -0.2) is 0 Å². The third-order valence-corrected chi connectivity index (χ3v) is 4.16. The fourth-order valence-electron chi connectivity index (χ4n) is 3.08. The topological polar surface area (TPSA) is 48.4 Å². The van der Waals surface area contributed by atoms with Gasteiger partial charge in [-0.3, -0.25) is 4.98 Å². The molecule has 1 saturated carbocycles. The summed E-state index contributed by atoms with van der Waals surface area (Å²) in [5.41, 5.74) is 2.21. The van der Waals surface area contributed by atoms with Crippen LogP contribution in [0.3, 0.4) is 0 Å². The van der Waals surface area contributed by atoms with Crippen LogP contribution in [0.4, 0.5) is 5.69 Å². The van der Waals surface area contributed by atoms with Crippen LogP contribution < -0.4 is 10.2 Å². The molecule has 0 amide bonds. The number of pyridine rings is 1. The maximum atomic E-state index is 9.30. The predicted molar refractivity (Wildman–Crippen MR) is 83.0 cm³/mol. The molecule has 1 aliphatic rings. The highest BCUT2D eigenvalue weighted by atomic mass is 16.3. The second kappa shape index (κ2) is 7.60. The standard InChI is InChI=1S/C16H27N3O/c1-3-17-13(2)16-9-8-15(12-18-16)19(10-11-20)14-6-4-5-7-14/h8-9,12-14,17,20H,3-7,10-11H2,1-2H3. The molecule has 0 radical (unpaired) electrons. The summed E-state index contributed by atoms with van der Waals surface area (Å²) in [5.74, 6) is 0. The first-order valence-corrected chi connectivity index (χ1v) is 7.83. The number of anilines is 1. The monoisotopic (exact) mass is 277 g/mol. The molecule has 1 unspecified atom stereocenters. The lowest BCUT2D eigenvalue weighted by atomic mass is 10.1. The quantitative estimate of drug-likeness (QED) is 0.804. The van der Waals surface area contributed by atoms with Crippen molar-refractivity contribution in [2.24, 2.45) is 0 Å². The minimum Gasteiger partial charge on any atom is -0.395 e. The Hall–Kier alpha value is -1.13. The molecule has 1 aliphatic carbocycles. The summed E-state index contributed by atoms with van der Waals surface area (Å²) in [6, 6.07) is 5.10. The van der Waals surface area contributed by atoms with Crippen molar-refractivity contribution in [3.63, 3.8) is 0 Å². The van der Waals surface area contributed by atoms with Gasteiger partial charge >= 0.3 is 0 Å². The molecular weight excluding hydrogens is 250 g/mol. The number of hydrogen-bond donors (Lipinski definition) is 2. The third kappa shape index (κ3) is 3.70. The summed E-state index contributed by atoms with van der Waals surface area (Å²) in [7, 11) is 0. The molecule has 1 aromatic rings. The van der Waals surface area contributed by atoms with Gasteiger partial charge in [0.05, 0.1) is 24.2 Å². The highest BCUT2D eigenvalue weighted by Gasteiger charge is 2.22. The van der Waals surface area contributed by atoms with E-state index in [0.29, 0.717) is 12.6 Å². The van der Waals surface area contributed by atoms with E-state index in [9.17, 15) is 5.11 Å². The van der Waals surface area contributed by atoms with E-state index in [-0.39, 0.29) is 12.6 Å². The molecule has 1 atom stereocenters. The van der Waals surface area contributed by atoms with Crippen LogP contribution in [0.5, 0.6) is 0 Å². The first-order chi connectivity index (χ1) is 9.76. The molecule has 0 saturated heterocycles. The summed E-state index contributed by atoms with van der Waals surface area (Å²) in [4.78, 5) is 6.91. The van der Waals surface area contributed by atoms with Crippen LogP contribution in [0.25, 0.3) is 0 Å². The van der Waals surface area contributed by atoms with Crippen molar-refractivity contribution in [3.8, 4) is 0 Å². The third-order valence-electron chi connectivity index (χ3n) is 4.16. The Morgan fingerprint density at radius 3 is 2.70 bits per heavy atom. The minimum atomic E-state index is 0.200. The van der Waals surface area contributed by atoms with Gasteiger partial charge in [0.25, 0.3) is 0 Å². The van der Waals surface area contributed by atoms with E-state index in [2.05, 4.69) is 41.2 Å². The fraction of sp³-hybridized carbons (Fsp3) is 0.688. The second-order valence-corrected chi connectivity index (χ2v) is 5.58. The first kappa shape index (κ1) is 15.3. The highest BCUT2D eigenvalue weighted by Crippen LogP contribution is 2.28. The van der Waals surface area contributed by atoms with Crippen LogP contribution in [0.15, 0.2) is 18.3 Å². The molecule has 2 rings (SSSR count). The highest BCUT2D eigenvalue weighted by molar-refractivity contribution is 5.46. The predicted octanol–water partition coefficient (Wildman–Crippen LogP) is 2.49. The van der Waals surface area contributed by atoms with Gasteiger partial charge in [-0.1, -0.05) is 19.8 Å². The van der Waals surface area contributed by atoms with Crippen molar-refractivity contribution in [1.82, 2.24) is 10.3 Å². The maximum Gasteiger partial charge on any atom is 0.0606 e. The second-order valence-electron chi connectivity index (χ2n) is 5.58. The Morgan fingerprint density at radius 1 is 1.40 bits per heavy atom. The van der Waals surface area contributed by atoms with Gasteiger partial charge in [0, 0.05) is 18.6 Å². The molecule has 112 valence electrons. The van der Waals surface area contributed by atoms with E-state index in [1.54, 1.807) is 0 Å². The summed E-state index contributed by atoms with van der Waals surface area (Å²) in [6.45, 7) is 6.09. The zero-order chi connectivity index (χ0) is 14.4. The number of aromatic nitrogens is 1. The average Bonchev–Trinajstić information content (AvgIpc) is 2.99. The molecule has 2 N–H and O–H groups in total. The first-order valence-electron chi connectivity index (χ1n) is 7.83. The van der Waals surface area contributed by atoms with Crippen molar-refractivity contribution >= 4 is 5.69 Å². The zero-order valence-electron chi connectivity index (χ0n) is 12.7. The molecule has 0 spiro atoms. The van der Waals surface area contributed by atoms with Crippen LogP contribution in [0.2, 0.25) is 0 Å². The Bertz CT molecular complexity index is 387. The van der Waals surface area contributed by atoms with Crippen LogP contribution in [-0.4, -0.2) is 35.8 Å². The number of rotatable bonds is 7. The van der Waals surface area contributed by atoms with Gasteiger partial charge < -0.3 is 15.3 Å². The van der Waals surface area contributed by atoms with Crippen molar-refractivity contribution in [1.29, 1.82) is 0 Å². The number of hydrogen-bond acceptors (Lipinski definition) is 4. The number of aliphatic hydroxyl groups excluding tert-OH is 1. The number of aliphatic hydroxyl groups is 1. The van der Waals surface area contributed by atoms with Gasteiger partial charge in [0.2, 0.25) is 0 Å². The molecule has 20 heavy (non-hydrogen) atoms. The molecular formula is C16H27N3O. The molecule has 0 bridgehead atoms. The van der Waals surface area contributed by atoms with Crippen molar-refractivity contribution in [2.75, 3.05) is 24.6 Å². The van der Waals surface area contributed by atoms with E-state index >= 15 is 0 Å². The van der Waals surface area contributed by atoms with Gasteiger partial charge in [-0.15, -0.1) is 0 Å². The van der Waals surface area contributed by atoms with Crippen molar-refractivity contribution in [2.45, 2.75) is 51.6 Å². The Kier molecular flexibility index (Phi) is 5.80. The summed E-state index contributed by atoms with van der Waals surface area (Å²) >= 11 is 0. The molecule has 1 fully saturated rings. The largest absolute Gasteiger partial charge is 0.395 e. The number of nitrogens with zero attached hydrogens (tertiary/aromatic N) is 2. The molecule has 4 nitrogen and oxygen atoms in total. The SMILES string of the molecule is CCNC(C)c1ccc(N(CCO)C2CCCC2)cn1. The van der Waals surface area contributed by atoms with Gasteiger partial charge in [-0.05, 0) is 38.4 Å². The van der Waals surface area contributed by atoms with Gasteiger partial charge in [-0.2, -0.15) is 0 Å². The van der Waals surface area contributed by atoms with E-state index in [4.69, 9.17) is 0 Å². The van der Waals surface area contributed by atoms with Crippen molar-refractivity contribution < 1.29 is 5.11 Å². The lowest BCUT2D eigenvalue weighted by Gasteiger charge is -2.30. The lowest BCUT2D eigenvalue weighted by Crippen LogP contribution is -2.35. The normalized spacial score (nSPS) is 17.4. The van der Waals surface area contributed by atoms with Crippen LogP contribution in [-0.2, 0) is 0 Å². The van der Waals surface area contributed by atoms with Crippen LogP contribution in [0.1, 0.15) is 51.3 Å². The van der Waals surface area contributed by atoms with E-state index in [1.165, 1.54) is 25.7 Å². The van der Waals surface area contributed by atoms with Crippen LogP contribution >= 0.6 is 0 Å². The van der Waals surface area contributed by atoms with Gasteiger partial charge in [0.1, 0.15) is 0 Å². The fourth-order valence-corrected chi connectivity index (χ4v) is 3.08. The number of nitrogens with one attached hydrogen (secondary N) is 1. The molecule has 1 aromatic heterocycles. The summed E-state index contributed by atoms with van der Waals surface area (Å²) < 4.78 is 0. The lowest BCUT2D eigenvalue weighted by molar-refractivity contribution is 0.297. The Labute approximate surface area is 122 Å². The molecule has 4 heteroatoms. The average molecular weight is 277 g/mol. The van der Waals surface area contributed by atoms with Gasteiger partial charge in [0.15, 0.2) is 0 Å². The Balaban J connectivity index is 2.09. The minimum absolute atomic E-state index is 0.200. The van der Waals surface area contributed by atoms with Crippen LogP contribution in [0, 0.1) is 0 Å². The van der Waals surface area contributed by atoms with Crippen molar-refractivity contribution in [3.05, 3.63) is 24.0 Å². The summed E-state index contributed by atoms with van der Waals surface area (Å²) in [6.07, 6.45) is 7.02. The zero-order valence-corrected chi connectivity index (χ0v) is 12.7. The summed E-state index contributed by atoms with van der Waals surface area (Å²) in [5, 5.41) is 12.7. The smallest absolute Gasteiger partial charge is 0.0606 e. The van der Waals surface area contributed by atoms with E-state index in [0.717, 1.165) is 17.9 Å². The molecule has 1 heterocycles. The maximum absolute atomic E-state index is 9.30. The Morgan fingerprint density at radius 2 is 2.15 bits per heavy atom. The molecule has 0 aliphatic heterocycles. The van der Waals surface area contributed by atoms with E-state index in [1.807, 2.05) is 6.20 Å².